The summed E-state index contributed by atoms with van der Waals surface area (Å²) in [4.78, 5) is 20.8. The lowest BCUT2D eigenvalue weighted by atomic mass is 10.1. The molecule has 1 fully saturated rings. The number of aryl methyl sites for hydroxylation is 1. The van der Waals surface area contributed by atoms with Crippen molar-refractivity contribution in [1.29, 1.82) is 0 Å². The van der Waals surface area contributed by atoms with Gasteiger partial charge in [0.25, 0.3) is 0 Å². The number of amides is 1. The van der Waals surface area contributed by atoms with Gasteiger partial charge < -0.3 is 9.84 Å². The molecule has 7 heteroatoms. The summed E-state index contributed by atoms with van der Waals surface area (Å²) in [5.74, 6) is 1.35. The van der Waals surface area contributed by atoms with E-state index >= 15 is 0 Å². The molecule has 140 valence electrons. The van der Waals surface area contributed by atoms with Crippen molar-refractivity contribution in [2.45, 2.75) is 33.4 Å². The number of carbonyl (C=O) groups is 1. The van der Waals surface area contributed by atoms with Crippen LogP contribution >= 0.6 is 0 Å². The van der Waals surface area contributed by atoms with Crippen molar-refractivity contribution in [3.8, 4) is 11.4 Å². The van der Waals surface area contributed by atoms with Crippen molar-refractivity contribution in [1.82, 2.24) is 25.3 Å². The van der Waals surface area contributed by atoms with E-state index in [0.717, 1.165) is 31.7 Å². The molecule has 1 saturated heterocycles. The number of hydrogen-bond donors (Lipinski definition) is 1. The molecule has 2 aromatic rings. The maximum atomic E-state index is 11.9. The van der Waals surface area contributed by atoms with Gasteiger partial charge in [0.15, 0.2) is 0 Å². The molecule has 0 aliphatic carbocycles. The maximum absolute atomic E-state index is 11.9. The van der Waals surface area contributed by atoms with Gasteiger partial charge in [0, 0.05) is 37.8 Å². The molecule has 0 atom stereocenters. The van der Waals surface area contributed by atoms with E-state index in [1.165, 1.54) is 5.56 Å². The van der Waals surface area contributed by atoms with Gasteiger partial charge in [-0.1, -0.05) is 35.0 Å². The lowest BCUT2D eigenvalue weighted by molar-refractivity contribution is -0.123. The molecule has 0 saturated carbocycles. The van der Waals surface area contributed by atoms with E-state index in [1.54, 1.807) is 0 Å². The van der Waals surface area contributed by atoms with Crippen LogP contribution in [0.1, 0.15) is 25.3 Å². The van der Waals surface area contributed by atoms with Crippen LogP contribution in [0.25, 0.3) is 11.4 Å². The van der Waals surface area contributed by atoms with E-state index < -0.39 is 0 Å². The Hall–Kier alpha value is -2.25. The molecule has 0 bridgehead atoms. The van der Waals surface area contributed by atoms with Crippen LogP contribution in [0.2, 0.25) is 0 Å². The molecule has 1 aromatic carbocycles. The maximum Gasteiger partial charge on any atom is 0.241 e. The Kier molecular flexibility index (Phi) is 6.00. The zero-order valence-corrected chi connectivity index (χ0v) is 15.7. The van der Waals surface area contributed by atoms with Crippen molar-refractivity contribution in [3.63, 3.8) is 0 Å². The molecule has 1 aliphatic heterocycles. The van der Waals surface area contributed by atoms with E-state index in [1.807, 2.05) is 38.1 Å². The lowest BCUT2D eigenvalue weighted by Gasteiger charge is -2.33. The molecule has 0 unspecified atom stereocenters. The first kappa shape index (κ1) is 18.5. The Morgan fingerprint density at radius 3 is 2.46 bits per heavy atom. The number of benzene rings is 1. The van der Waals surface area contributed by atoms with E-state index in [2.05, 4.69) is 32.2 Å². The molecule has 3 rings (SSSR count). The van der Waals surface area contributed by atoms with Crippen molar-refractivity contribution in [2.24, 2.45) is 0 Å². The van der Waals surface area contributed by atoms with E-state index in [-0.39, 0.29) is 11.9 Å². The zero-order chi connectivity index (χ0) is 18.5. The second-order valence-corrected chi connectivity index (χ2v) is 7.15. The summed E-state index contributed by atoms with van der Waals surface area (Å²) < 4.78 is 5.41. The molecule has 26 heavy (non-hydrogen) atoms. The minimum atomic E-state index is 0.0908. The summed E-state index contributed by atoms with van der Waals surface area (Å²) in [6.07, 6.45) is 0. The van der Waals surface area contributed by atoms with Gasteiger partial charge in [-0.2, -0.15) is 4.98 Å². The van der Waals surface area contributed by atoms with Crippen LogP contribution in [-0.4, -0.2) is 64.6 Å². The fraction of sp³-hybridized carbons (Fsp3) is 0.526. The number of nitrogens with one attached hydrogen (secondary N) is 1. The molecule has 0 spiro atoms. The zero-order valence-electron chi connectivity index (χ0n) is 15.7. The number of hydrogen-bond acceptors (Lipinski definition) is 6. The Labute approximate surface area is 154 Å². The minimum absolute atomic E-state index is 0.0908. The highest BCUT2D eigenvalue weighted by atomic mass is 16.5. The second-order valence-electron chi connectivity index (χ2n) is 7.15. The highest BCUT2D eigenvalue weighted by Gasteiger charge is 2.21. The van der Waals surface area contributed by atoms with Gasteiger partial charge in [-0.05, 0) is 20.8 Å². The molecule has 1 amide bonds. The van der Waals surface area contributed by atoms with Crippen LogP contribution in [0.5, 0.6) is 0 Å². The molecule has 1 N–H and O–H groups in total. The first-order valence-electron chi connectivity index (χ1n) is 9.13. The minimum Gasteiger partial charge on any atom is -0.353 e. The SMILES string of the molecule is Cc1ccc(-c2noc(CN3CCN(CC(=O)NC(C)C)CC3)n2)cc1. The van der Waals surface area contributed by atoms with Gasteiger partial charge in [-0.25, -0.2) is 0 Å². The first-order valence-corrected chi connectivity index (χ1v) is 9.13. The van der Waals surface area contributed by atoms with Crippen LogP contribution < -0.4 is 5.32 Å². The van der Waals surface area contributed by atoms with Gasteiger partial charge >= 0.3 is 0 Å². The fourth-order valence-corrected chi connectivity index (χ4v) is 3.01. The molecule has 7 nitrogen and oxygen atoms in total. The second kappa shape index (κ2) is 8.42. The van der Waals surface area contributed by atoms with Crippen molar-refractivity contribution in [3.05, 3.63) is 35.7 Å². The Morgan fingerprint density at radius 1 is 1.15 bits per heavy atom. The van der Waals surface area contributed by atoms with E-state index in [4.69, 9.17) is 4.52 Å². The largest absolute Gasteiger partial charge is 0.353 e. The Morgan fingerprint density at radius 2 is 1.81 bits per heavy atom. The monoisotopic (exact) mass is 357 g/mol. The molecule has 0 radical (unpaired) electrons. The van der Waals surface area contributed by atoms with Crippen LogP contribution in [-0.2, 0) is 11.3 Å². The normalized spacial score (nSPS) is 16.2. The van der Waals surface area contributed by atoms with Crippen LogP contribution in [0, 0.1) is 6.92 Å². The summed E-state index contributed by atoms with van der Waals surface area (Å²) in [6.45, 7) is 10.6. The van der Waals surface area contributed by atoms with Crippen LogP contribution in [0.15, 0.2) is 28.8 Å². The predicted molar refractivity (Wildman–Crippen MR) is 99.5 cm³/mol. The van der Waals surface area contributed by atoms with Gasteiger partial charge in [0.2, 0.25) is 17.6 Å². The van der Waals surface area contributed by atoms with Gasteiger partial charge in [-0.15, -0.1) is 0 Å². The summed E-state index contributed by atoms with van der Waals surface area (Å²) in [5.41, 5.74) is 2.17. The standard InChI is InChI=1S/C19H27N5O2/c1-14(2)20-17(25)12-23-8-10-24(11-9-23)13-18-21-19(22-26-18)16-6-4-15(3)5-7-16/h4-7,14H,8-13H2,1-3H3,(H,20,25). The average molecular weight is 357 g/mol. The number of aromatic nitrogens is 2. The Balaban J connectivity index is 1.48. The molecule has 2 heterocycles. The lowest BCUT2D eigenvalue weighted by Crippen LogP contribution is -2.49. The van der Waals surface area contributed by atoms with Gasteiger partial charge in [0.1, 0.15) is 0 Å². The summed E-state index contributed by atoms with van der Waals surface area (Å²) in [5, 5.41) is 7.02. The summed E-state index contributed by atoms with van der Waals surface area (Å²) >= 11 is 0. The summed E-state index contributed by atoms with van der Waals surface area (Å²) in [7, 11) is 0. The smallest absolute Gasteiger partial charge is 0.241 e. The highest BCUT2D eigenvalue weighted by molar-refractivity contribution is 5.78. The predicted octanol–water partition coefficient (Wildman–Crippen LogP) is 1.69. The first-order chi connectivity index (χ1) is 12.5. The van der Waals surface area contributed by atoms with Crippen molar-refractivity contribution >= 4 is 5.91 Å². The molecular weight excluding hydrogens is 330 g/mol. The number of rotatable bonds is 6. The van der Waals surface area contributed by atoms with Gasteiger partial charge in [0.05, 0.1) is 13.1 Å². The molecule has 1 aromatic heterocycles. The number of carbonyl (C=O) groups excluding carboxylic acids is 1. The summed E-state index contributed by atoms with van der Waals surface area (Å²) in [6, 6.07) is 8.28. The third-order valence-corrected chi connectivity index (χ3v) is 4.42. The average Bonchev–Trinajstić information content (AvgIpc) is 3.05. The van der Waals surface area contributed by atoms with Crippen LogP contribution in [0.3, 0.4) is 0 Å². The van der Waals surface area contributed by atoms with Crippen molar-refractivity contribution in [2.75, 3.05) is 32.7 Å². The van der Waals surface area contributed by atoms with Crippen molar-refractivity contribution < 1.29 is 9.32 Å². The van der Waals surface area contributed by atoms with E-state index in [0.29, 0.717) is 24.8 Å². The molecule has 1 aliphatic rings. The third kappa shape index (κ3) is 5.12. The van der Waals surface area contributed by atoms with Gasteiger partial charge in [-0.3, -0.25) is 14.6 Å². The Bertz CT molecular complexity index is 718. The topological polar surface area (TPSA) is 74.5 Å². The molecular formula is C19H27N5O2. The fourth-order valence-electron chi connectivity index (χ4n) is 3.01. The third-order valence-electron chi connectivity index (χ3n) is 4.42. The number of piperazine rings is 1. The van der Waals surface area contributed by atoms with E-state index in [9.17, 15) is 4.79 Å². The number of nitrogens with zero attached hydrogens (tertiary/aromatic N) is 4. The van der Waals surface area contributed by atoms with Crippen LogP contribution in [0.4, 0.5) is 0 Å². The quantitative estimate of drug-likeness (QED) is 0.848. The highest BCUT2D eigenvalue weighted by Crippen LogP contribution is 2.17.